The maximum atomic E-state index is 12.4. The van der Waals surface area contributed by atoms with E-state index in [2.05, 4.69) is 11.4 Å². The number of para-hydroxylation sites is 1. The van der Waals surface area contributed by atoms with Crippen molar-refractivity contribution >= 4 is 23.2 Å². The lowest BCUT2D eigenvalue weighted by molar-refractivity contribution is 0.102. The van der Waals surface area contributed by atoms with Gasteiger partial charge >= 0.3 is 0 Å². The Bertz CT molecular complexity index is 961. The van der Waals surface area contributed by atoms with Crippen LogP contribution in [0.4, 0.5) is 5.69 Å². The first-order valence-corrected chi connectivity index (χ1v) is 8.77. The molecule has 0 aliphatic heterocycles. The number of rotatable bonds is 6. The zero-order valence-electron chi connectivity index (χ0n) is 14.5. The van der Waals surface area contributed by atoms with Crippen LogP contribution < -0.4 is 10.1 Å². The summed E-state index contributed by atoms with van der Waals surface area (Å²) in [6, 6.07) is 23.7. The summed E-state index contributed by atoms with van der Waals surface area (Å²) in [7, 11) is 0. The highest BCUT2D eigenvalue weighted by Crippen LogP contribution is 2.20. The first-order chi connectivity index (χ1) is 13.2. The Labute approximate surface area is 163 Å². The number of amides is 1. The Hall–Kier alpha value is -3.29. The summed E-state index contributed by atoms with van der Waals surface area (Å²) in [6.45, 7) is 0.314. The van der Waals surface area contributed by atoms with Crippen molar-refractivity contribution in [3.05, 3.63) is 94.5 Å². The number of carbonyl (C=O) groups excluding carboxylic acids is 1. The van der Waals surface area contributed by atoms with Crippen molar-refractivity contribution in [3.8, 4) is 11.8 Å². The fourth-order valence-corrected chi connectivity index (χ4v) is 2.65. The molecule has 134 valence electrons. The van der Waals surface area contributed by atoms with Crippen LogP contribution in [0.3, 0.4) is 0 Å². The predicted octanol–water partition coefficient (Wildman–Crippen LogP) is 5.24. The Balaban J connectivity index is 1.67. The maximum Gasteiger partial charge on any atom is 0.255 e. The average molecular weight is 377 g/mol. The minimum absolute atomic E-state index is 0.208. The molecule has 27 heavy (non-hydrogen) atoms. The van der Waals surface area contributed by atoms with Crippen molar-refractivity contribution in [2.24, 2.45) is 0 Å². The van der Waals surface area contributed by atoms with Gasteiger partial charge < -0.3 is 10.1 Å². The second kappa shape index (κ2) is 8.88. The highest BCUT2D eigenvalue weighted by Gasteiger charge is 2.09. The zero-order chi connectivity index (χ0) is 19.1. The maximum absolute atomic E-state index is 12.4. The van der Waals surface area contributed by atoms with Crippen LogP contribution >= 0.6 is 11.6 Å². The molecule has 5 heteroatoms. The van der Waals surface area contributed by atoms with Gasteiger partial charge in [-0.05, 0) is 48.0 Å². The molecule has 0 aliphatic rings. The van der Waals surface area contributed by atoms with Crippen LogP contribution in [0.15, 0.2) is 72.8 Å². The van der Waals surface area contributed by atoms with E-state index in [4.69, 9.17) is 21.6 Å². The number of carbonyl (C=O) groups is 1. The summed E-state index contributed by atoms with van der Waals surface area (Å²) in [5.41, 5.74) is 3.03. The van der Waals surface area contributed by atoms with E-state index in [1.54, 1.807) is 24.3 Å². The third-order valence-electron chi connectivity index (χ3n) is 3.97. The molecule has 4 nitrogen and oxygen atoms in total. The smallest absolute Gasteiger partial charge is 0.255 e. The monoisotopic (exact) mass is 376 g/mol. The minimum Gasteiger partial charge on any atom is -0.489 e. The van der Waals surface area contributed by atoms with Crippen molar-refractivity contribution < 1.29 is 9.53 Å². The van der Waals surface area contributed by atoms with Gasteiger partial charge in [0.2, 0.25) is 0 Å². The van der Waals surface area contributed by atoms with Crippen molar-refractivity contribution in [2.45, 2.75) is 13.0 Å². The Morgan fingerprint density at radius 2 is 1.70 bits per heavy atom. The molecule has 0 saturated carbocycles. The van der Waals surface area contributed by atoms with Crippen molar-refractivity contribution in [1.29, 1.82) is 5.26 Å². The summed E-state index contributed by atoms with van der Waals surface area (Å²) >= 11 is 5.86. The van der Waals surface area contributed by atoms with Crippen LogP contribution in [0.2, 0.25) is 5.02 Å². The second-order valence-corrected chi connectivity index (χ2v) is 6.32. The second-order valence-electron chi connectivity index (χ2n) is 5.89. The number of nitrogens with one attached hydrogen (secondary N) is 1. The molecule has 0 aromatic heterocycles. The lowest BCUT2D eigenvalue weighted by Gasteiger charge is -2.12. The quantitative estimate of drug-likeness (QED) is 0.640. The summed E-state index contributed by atoms with van der Waals surface area (Å²) in [4.78, 5) is 12.4. The molecule has 0 aliphatic carbocycles. The van der Waals surface area contributed by atoms with Gasteiger partial charge in [-0.1, -0.05) is 41.9 Å². The fraction of sp³-hybridized carbons (Fsp3) is 0.0909. The Morgan fingerprint density at radius 1 is 1.00 bits per heavy atom. The van der Waals surface area contributed by atoms with Crippen molar-refractivity contribution in [1.82, 2.24) is 0 Å². The van der Waals surface area contributed by atoms with Gasteiger partial charge in [0, 0.05) is 21.8 Å². The number of halogens is 1. The molecule has 0 atom stereocenters. The molecule has 1 N–H and O–H groups in total. The zero-order valence-corrected chi connectivity index (χ0v) is 15.2. The van der Waals surface area contributed by atoms with Crippen LogP contribution in [0, 0.1) is 11.3 Å². The predicted molar refractivity (Wildman–Crippen MR) is 106 cm³/mol. The third kappa shape index (κ3) is 5.10. The summed E-state index contributed by atoms with van der Waals surface area (Å²) in [6.07, 6.45) is 0.375. The van der Waals surface area contributed by atoms with Crippen LogP contribution in [0.1, 0.15) is 21.5 Å². The number of hydrogen-bond donors (Lipinski definition) is 1. The first-order valence-electron chi connectivity index (χ1n) is 8.39. The molecule has 0 fully saturated rings. The first kappa shape index (κ1) is 18.5. The summed E-state index contributed by atoms with van der Waals surface area (Å²) in [5, 5.41) is 12.2. The van der Waals surface area contributed by atoms with Crippen LogP contribution in [0.25, 0.3) is 0 Å². The minimum atomic E-state index is -0.208. The molecule has 1 amide bonds. The molecule has 0 saturated heterocycles. The topological polar surface area (TPSA) is 62.1 Å². The van der Waals surface area contributed by atoms with Gasteiger partial charge in [0.1, 0.15) is 12.4 Å². The lowest BCUT2D eigenvalue weighted by atomic mass is 10.1. The SMILES string of the molecule is N#CCc1ccc(OCc2ccccc2NC(=O)c2ccc(Cl)cc2)cc1. The average Bonchev–Trinajstić information content (AvgIpc) is 2.69. The number of hydrogen-bond acceptors (Lipinski definition) is 3. The number of anilines is 1. The highest BCUT2D eigenvalue weighted by atomic mass is 35.5. The molecule has 0 unspecified atom stereocenters. The third-order valence-corrected chi connectivity index (χ3v) is 4.22. The van der Waals surface area contributed by atoms with Crippen LogP contribution in [-0.4, -0.2) is 5.91 Å². The summed E-state index contributed by atoms with van der Waals surface area (Å²) in [5.74, 6) is 0.496. The van der Waals surface area contributed by atoms with E-state index < -0.39 is 0 Å². The van der Waals surface area contributed by atoms with E-state index >= 15 is 0 Å². The van der Waals surface area contributed by atoms with E-state index in [1.165, 1.54) is 0 Å². The number of nitrogens with zero attached hydrogens (tertiary/aromatic N) is 1. The highest BCUT2D eigenvalue weighted by molar-refractivity contribution is 6.30. The van der Waals surface area contributed by atoms with Gasteiger partial charge in [0.05, 0.1) is 12.5 Å². The van der Waals surface area contributed by atoms with Crippen molar-refractivity contribution in [3.63, 3.8) is 0 Å². The molecule has 3 rings (SSSR count). The van der Waals surface area contributed by atoms with Crippen LogP contribution in [0.5, 0.6) is 5.75 Å². The van der Waals surface area contributed by atoms with E-state index in [9.17, 15) is 4.79 Å². The fourth-order valence-electron chi connectivity index (χ4n) is 2.52. The van der Waals surface area contributed by atoms with Gasteiger partial charge in [0.15, 0.2) is 0 Å². The van der Waals surface area contributed by atoms with Gasteiger partial charge in [-0.15, -0.1) is 0 Å². The van der Waals surface area contributed by atoms with Gasteiger partial charge in [-0.3, -0.25) is 4.79 Å². The number of nitriles is 1. The molecule has 3 aromatic rings. The molecular weight excluding hydrogens is 360 g/mol. The van der Waals surface area contributed by atoms with Crippen LogP contribution in [-0.2, 0) is 13.0 Å². The molecule has 0 spiro atoms. The van der Waals surface area contributed by atoms with E-state index in [0.717, 1.165) is 11.1 Å². The van der Waals surface area contributed by atoms with E-state index in [-0.39, 0.29) is 5.91 Å². The number of ether oxygens (including phenoxy) is 1. The molecule has 3 aromatic carbocycles. The lowest BCUT2D eigenvalue weighted by Crippen LogP contribution is -2.13. The normalized spacial score (nSPS) is 10.1. The molecule has 0 radical (unpaired) electrons. The standard InChI is InChI=1S/C22H17ClN2O2/c23-19-9-7-17(8-10-19)22(26)25-21-4-2-1-3-18(21)15-27-20-11-5-16(6-12-20)13-14-24/h1-12H,13,15H2,(H,25,26). The molecule has 0 bridgehead atoms. The molecule has 0 heterocycles. The van der Waals surface area contributed by atoms with E-state index in [1.807, 2.05) is 48.5 Å². The van der Waals surface area contributed by atoms with Gasteiger partial charge in [0.25, 0.3) is 5.91 Å². The Morgan fingerprint density at radius 3 is 2.41 bits per heavy atom. The summed E-state index contributed by atoms with van der Waals surface area (Å²) < 4.78 is 5.82. The number of benzene rings is 3. The Kier molecular flexibility index (Phi) is 6.09. The van der Waals surface area contributed by atoms with Crippen molar-refractivity contribution in [2.75, 3.05) is 5.32 Å². The molecular formula is C22H17ClN2O2. The van der Waals surface area contributed by atoms with E-state index in [0.29, 0.717) is 35.1 Å². The van der Waals surface area contributed by atoms with Gasteiger partial charge in [-0.2, -0.15) is 5.26 Å². The largest absolute Gasteiger partial charge is 0.489 e. The van der Waals surface area contributed by atoms with Gasteiger partial charge in [-0.25, -0.2) is 0 Å².